The number of hydrogen-bond acceptors (Lipinski definition) is 3. The monoisotopic (exact) mass is 228 g/mol. The van der Waals surface area contributed by atoms with Crippen LogP contribution in [0.1, 0.15) is 39.0 Å². The van der Waals surface area contributed by atoms with Crippen molar-refractivity contribution in [3.05, 3.63) is 0 Å². The number of aliphatic hydroxyl groups is 1. The Morgan fingerprint density at radius 1 is 1.25 bits per heavy atom. The minimum Gasteiger partial charge on any atom is -0.393 e. The molecule has 3 nitrogen and oxygen atoms in total. The van der Waals surface area contributed by atoms with Crippen molar-refractivity contribution in [2.75, 3.05) is 34.2 Å². The Morgan fingerprint density at radius 3 is 2.25 bits per heavy atom. The van der Waals surface area contributed by atoms with Gasteiger partial charge in [0, 0.05) is 12.1 Å². The van der Waals surface area contributed by atoms with Crippen LogP contribution in [-0.4, -0.2) is 60.8 Å². The molecule has 0 aromatic heterocycles. The van der Waals surface area contributed by atoms with E-state index in [1.807, 2.05) is 6.92 Å². The minimum atomic E-state index is -0.153. The highest BCUT2D eigenvalue weighted by Crippen LogP contribution is 2.36. The second-order valence-corrected chi connectivity index (χ2v) is 5.70. The topological polar surface area (TPSA) is 26.7 Å². The van der Waals surface area contributed by atoms with Gasteiger partial charge in [-0.1, -0.05) is 0 Å². The summed E-state index contributed by atoms with van der Waals surface area (Å²) < 4.78 is 0. The normalized spacial score (nSPS) is 21.2. The fourth-order valence-corrected chi connectivity index (χ4v) is 2.57. The fraction of sp³-hybridized carbons (Fsp3) is 1.00. The van der Waals surface area contributed by atoms with Crippen LogP contribution in [-0.2, 0) is 0 Å². The Kier molecular flexibility index (Phi) is 5.22. The molecule has 0 aliphatic heterocycles. The quantitative estimate of drug-likeness (QED) is 0.716. The molecule has 1 fully saturated rings. The van der Waals surface area contributed by atoms with Gasteiger partial charge in [0.15, 0.2) is 0 Å². The van der Waals surface area contributed by atoms with Crippen LogP contribution in [0.3, 0.4) is 0 Å². The summed E-state index contributed by atoms with van der Waals surface area (Å²) >= 11 is 0. The number of nitrogens with zero attached hydrogens (tertiary/aromatic N) is 2. The van der Waals surface area contributed by atoms with Crippen molar-refractivity contribution in [2.24, 2.45) is 0 Å². The summed E-state index contributed by atoms with van der Waals surface area (Å²) in [6.45, 7) is 4.13. The first-order chi connectivity index (χ1) is 7.46. The zero-order chi connectivity index (χ0) is 12.2. The molecule has 0 saturated heterocycles. The first-order valence-corrected chi connectivity index (χ1v) is 6.50. The molecule has 96 valence electrons. The second-order valence-electron chi connectivity index (χ2n) is 5.70. The zero-order valence-corrected chi connectivity index (χ0v) is 11.4. The van der Waals surface area contributed by atoms with Crippen LogP contribution >= 0.6 is 0 Å². The zero-order valence-electron chi connectivity index (χ0n) is 11.4. The van der Waals surface area contributed by atoms with Gasteiger partial charge in [-0.25, -0.2) is 0 Å². The van der Waals surface area contributed by atoms with E-state index in [4.69, 9.17) is 0 Å². The average molecular weight is 228 g/mol. The van der Waals surface area contributed by atoms with Crippen LogP contribution < -0.4 is 0 Å². The molecule has 1 aliphatic carbocycles. The van der Waals surface area contributed by atoms with Crippen LogP contribution in [0.5, 0.6) is 0 Å². The van der Waals surface area contributed by atoms with Crippen molar-refractivity contribution < 1.29 is 5.11 Å². The lowest BCUT2D eigenvalue weighted by Crippen LogP contribution is -2.56. The van der Waals surface area contributed by atoms with Gasteiger partial charge < -0.3 is 14.9 Å². The summed E-state index contributed by atoms with van der Waals surface area (Å²) in [5.74, 6) is 0. The lowest BCUT2D eigenvalue weighted by molar-refractivity contribution is 0.0267. The van der Waals surface area contributed by atoms with Crippen molar-refractivity contribution in [1.29, 1.82) is 0 Å². The van der Waals surface area contributed by atoms with Gasteiger partial charge in [0.05, 0.1) is 6.10 Å². The molecule has 0 radical (unpaired) electrons. The molecular weight excluding hydrogens is 200 g/mol. The number of likely N-dealkylation sites (N-methyl/N-ethyl adjacent to an activating group) is 2. The first kappa shape index (κ1) is 13.9. The van der Waals surface area contributed by atoms with E-state index in [9.17, 15) is 5.11 Å². The van der Waals surface area contributed by atoms with Crippen molar-refractivity contribution in [2.45, 2.75) is 50.7 Å². The van der Waals surface area contributed by atoms with Gasteiger partial charge in [-0.2, -0.15) is 0 Å². The molecule has 0 bridgehead atoms. The first-order valence-electron chi connectivity index (χ1n) is 6.50. The predicted molar refractivity (Wildman–Crippen MR) is 68.7 cm³/mol. The maximum atomic E-state index is 9.22. The molecule has 1 rings (SSSR count). The summed E-state index contributed by atoms with van der Waals surface area (Å²) in [5.41, 5.74) is 0.430. The number of hydrogen-bond donors (Lipinski definition) is 1. The third-order valence-electron chi connectivity index (χ3n) is 3.96. The SMILES string of the molecule is CC(O)CCCN(C)CC1(N(C)C)CCC1. The van der Waals surface area contributed by atoms with Crippen LogP contribution in [0.15, 0.2) is 0 Å². The van der Waals surface area contributed by atoms with E-state index in [0.29, 0.717) is 5.54 Å². The van der Waals surface area contributed by atoms with E-state index >= 15 is 0 Å². The van der Waals surface area contributed by atoms with Gasteiger partial charge in [0.1, 0.15) is 0 Å². The molecule has 16 heavy (non-hydrogen) atoms. The molecule has 0 aromatic carbocycles. The summed E-state index contributed by atoms with van der Waals surface area (Å²) in [7, 11) is 6.59. The average Bonchev–Trinajstić information content (AvgIpc) is 2.10. The third-order valence-corrected chi connectivity index (χ3v) is 3.96. The largest absolute Gasteiger partial charge is 0.393 e. The molecule has 0 aromatic rings. The second kappa shape index (κ2) is 5.99. The van der Waals surface area contributed by atoms with Crippen molar-refractivity contribution in [1.82, 2.24) is 9.80 Å². The molecule has 0 amide bonds. The maximum absolute atomic E-state index is 9.22. The summed E-state index contributed by atoms with van der Waals surface area (Å²) in [6.07, 6.45) is 5.90. The van der Waals surface area contributed by atoms with Gasteiger partial charge in [-0.3, -0.25) is 0 Å². The van der Waals surface area contributed by atoms with E-state index in [-0.39, 0.29) is 6.10 Å². The molecule has 1 saturated carbocycles. The highest BCUT2D eigenvalue weighted by molar-refractivity contribution is 4.97. The van der Waals surface area contributed by atoms with E-state index in [2.05, 4.69) is 30.9 Å². The van der Waals surface area contributed by atoms with Gasteiger partial charge in [-0.05, 0) is 66.7 Å². The summed E-state index contributed by atoms with van der Waals surface area (Å²) in [5, 5.41) is 9.22. The van der Waals surface area contributed by atoms with Crippen LogP contribution in [0, 0.1) is 0 Å². The molecule has 1 aliphatic rings. The highest BCUT2D eigenvalue weighted by Gasteiger charge is 2.39. The van der Waals surface area contributed by atoms with Crippen LogP contribution in [0.2, 0.25) is 0 Å². The predicted octanol–water partition coefficient (Wildman–Crippen LogP) is 1.56. The van der Waals surface area contributed by atoms with E-state index < -0.39 is 0 Å². The summed E-state index contributed by atoms with van der Waals surface area (Å²) in [6, 6.07) is 0. The van der Waals surface area contributed by atoms with Crippen molar-refractivity contribution >= 4 is 0 Å². The Hall–Kier alpha value is -0.120. The minimum absolute atomic E-state index is 0.153. The molecule has 1 unspecified atom stereocenters. The Bertz CT molecular complexity index is 200. The van der Waals surface area contributed by atoms with E-state index in [1.165, 1.54) is 25.8 Å². The van der Waals surface area contributed by atoms with E-state index in [0.717, 1.165) is 19.4 Å². The van der Waals surface area contributed by atoms with Crippen LogP contribution in [0.25, 0.3) is 0 Å². The summed E-state index contributed by atoms with van der Waals surface area (Å²) in [4.78, 5) is 4.81. The smallest absolute Gasteiger partial charge is 0.0512 e. The third kappa shape index (κ3) is 3.72. The molecular formula is C13H28N2O. The van der Waals surface area contributed by atoms with Crippen molar-refractivity contribution in [3.63, 3.8) is 0 Å². The maximum Gasteiger partial charge on any atom is 0.0512 e. The lowest BCUT2D eigenvalue weighted by Gasteiger charge is -2.49. The van der Waals surface area contributed by atoms with Crippen LogP contribution in [0.4, 0.5) is 0 Å². The number of rotatable bonds is 7. The Labute approximate surface area is 100 Å². The van der Waals surface area contributed by atoms with Crippen molar-refractivity contribution in [3.8, 4) is 0 Å². The van der Waals surface area contributed by atoms with Gasteiger partial charge in [0.2, 0.25) is 0 Å². The van der Waals surface area contributed by atoms with E-state index in [1.54, 1.807) is 0 Å². The lowest BCUT2D eigenvalue weighted by atomic mass is 9.75. The fourth-order valence-electron chi connectivity index (χ4n) is 2.57. The Morgan fingerprint density at radius 2 is 1.88 bits per heavy atom. The standard InChI is InChI=1S/C13H28N2O/c1-12(16)7-5-10-15(4)11-13(14(2)3)8-6-9-13/h12,16H,5-11H2,1-4H3. The molecule has 0 heterocycles. The highest BCUT2D eigenvalue weighted by atomic mass is 16.3. The Balaban J connectivity index is 2.24. The molecule has 1 atom stereocenters. The molecule has 1 N–H and O–H groups in total. The molecule has 0 spiro atoms. The molecule has 3 heteroatoms. The van der Waals surface area contributed by atoms with Gasteiger partial charge in [0.25, 0.3) is 0 Å². The van der Waals surface area contributed by atoms with Gasteiger partial charge in [-0.15, -0.1) is 0 Å². The van der Waals surface area contributed by atoms with Gasteiger partial charge >= 0.3 is 0 Å². The number of aliphatic hydroxyl groups excluding tert-OH is 1.